The Morgan fingerprint density at radius 1 is 1.26 bits per heavy atom. The third kappa shape index (κ3) is 3.85. The van der Waals surface area contributed by atoms with Crippen LogP contribution >= 0.6 is 11.6 Å². The van der Waals surface area contributed by atoms with Crippen molar-refractivity contribution in [3.63, 3.8) is 0 Å². The first-order valence-electron chi connectivity index (χ1n) is 11.7. The molecule has 2 aliphatic carbocycles. The van der Waals surface area contributed by atoms with Gasteiger partial charge >= 0.3 is 0 Å². The Bertz CT molecular complexity index is 1270. The first kappa shape index (κ1) is 21.6. The third-order valence-electron chi connectivity index (χ3n) is 7.28. The predicted molar refractivity (Wildman–Crippen MR) is 131 cm³/mol. The minimum Gasteiger partial charge on any atom is -0.379 e. The van der Waals surface area contributed by atoms with Gasteiger partial charge in [0.15, 0.2) is 5.65 Å². The number of halogens is 1. The van der Waals surface area contributed by atoms with Gasteiger partial charge in [-0.2, -0.15) is 0 Å². The number of H-pyrrole nitrogens is 1. The van der Waals surface area contributed by atoms with E-state index in [2.05, 4.69) is 50.5 Å². The molecule has 0 unspecified atom stereocenters. The fraction of sp³-hybridized carbons (Fsp3) is 0.400. The molecule has 2 fully saturated rings. The highest BCUT2D eigenvalue weighted by molar-refractivity contribution is 6.34. The number of benzene rings is 1. The number of nitrogens with one attached hydrogen (secondary N) is 2. The topological polar surface area (TPSA) is 109 Å². The van der Waals surface area contributed by atoms with Gasteiger partial charge in [0.25, 0.3) is 0 Å². The van der Waals surface area contributed by atoms with Crippen LogP contribution in [0, 0.1) is 17.8 Å². The fourth-order valence-corrected chi connectivity index (χ4v) is 5.82. The largest absolute Gasteiger partial charge is 0.379 e. The Kier molecular flexibility index (Phi) is 5.51. The molecule has 1 amide bonds. The van der Waals surface area contributed by atoms with Crippen molar-refractivity contribution in [2.75, 3.05) is 31.6 Å². The number of amides is 1. The van der Waals surface area contributed by atoms with E-state index in [0.29, 0.717) is 16.4 Å². The van der Waals surface area contributed by atoms with Crippen molar-refractivity contribution >= 4 is 34.4 Å². The Morgan fingerprint density at radius 3 is 2.91 bits per heavy atom. The number of carbonyl (C=O) groups excluding carboxylic acids is 1. The Balaban J connectivity index is 1.31. The van der Waals surface area contributed by atoms with Crippen LogP contribution in [0.3, 0.4) is 0 Å². The molecule has 2 bridgehead atoms. The minimum atomic E-state index is -0.279. The van der Waals surface area contributed by atoms with Crippen LogP contribution in [0.25, 0.3) is 22.6 Å². The van der Waals surface area contributed by atoms with Crippen molar-refractivity contribution in [2.24, 2.45) is 23.5 Å². The van der Waals surface area contributed by atoms with Crippen LogP contribution in [0.15, 0.2) is 42.6 Å². The summed E-state index contributed by atoms with van der Waals surface area (Å²) in [5, 5.41) is 4.02. The summed E-state index contributed by atoms with van der Waals surface area (Å²) in [6.45, 7) is 4.31. The zero-order valence-corrected chi connectivity index (χ0v) is 19.5. The lowest BCUT2D eigenvalue weighted by atomic mass is 9.88. The summed E-state index contributed by atoms with van der Waals surface area (Å²) in [5.74, 6) is 0.631. The average molecular weight is 479 g/mol. The van der Waals surface area contributed by atoms with Gasteiger partial charge in [0.1, 0.15) is 11.3 Å². The first-order valence-corrected chi connectivity index (χ1v) is 12.1. The molecule has 34 heavy (non-hydrogen) atoms. The molecular weight excluding hydrogens is 452 g/mol. The number of aromatic nitrogens is 3. The van der Waals surface area contributed by atoms with E-state index in [1.54, 1.807) is 6.20 Å². The molecule has 1 saturated heterocycles. The summed E-state index contributed by atoms with van der Waals surface area (Å²) in [4.78, 5) is 27.2. The monoisotopic (exact) mass is 478 g/mol. The van der Waals surface area contributed by atoms with E-state index in [-0.39, 0.29) is 29.7 Å². The van der Waals surface area contributed by atoms with E-state index < -0.39 is 0 Å². The van der Waals surface area contributed by atoms with Crippen molar-refractivity contribution in [1.82, 2.24) is 19.9 Å². The molecule has 3 aromatic rings. The highest BCUT2D eigenvalue weighted by Gasteiger charge is 2.47. The zero-order valence-electron chi connectivity index (χ0n) is 18.7. The number of ether oxygens (including phenoxy) is 1. The summed E-state index contributed by atoms with van der Waals surface area (Å²) >= 11 is 6.58. The van der Waals surface area contributed by atoms with Crippen LogP contribution in [0.5, 0.6) is 0 Å². The van der Waals surface area contributed by atoms with Gasteiger partial charge in [-0.25, -0.2) is 9.97 Å². The molecule has 4 atom stereocenters. The SMILES string of the molecule is NC(=O)[C@@H]1[C@H](Nc2c(Cl)cnc3nc(-c4cccc(CN5CCOCC5)c4)[nH]c23)[C@@H]2C=C[C@@H]1C2. The normalized spacial score (nSPS) is 26.4. The number of nitrogens with two attached hydrogens (primary N) is 1. The quantitative estimate of drug-likeness (QED) is 0.469. The molecule has 0 radical (unpaired) electrons. The first-order chi connectivity index (χ1) is 16.6. The zero-order chi connectivity index (χ0) is 23.2. The van der Waals surface area contributed by atoms with Crippen LogP contribution in [-0.4, -0.2) is 58.1 Å². The van der Waals surface area contributed by atoms with E-state index in [9.17, 15) is 4.79 Å². The highest BCUT2D eigenvalue weighted by Crippen LogP contribution is 2.46. The van der Waals surface area contributed by atoms with Gasteiger partial charge in [-0.05, 0) is 29.9 Å². The van der Waals surface area contributed by atoms with E-state index in [1.165, 1.54) is 5.56 Å². The molecule has 3 aliphatic rings. The van der Waals surface area contributed by atoms with Gasteiger partial charge in [0.05, 0.1) is 36.0 Å². The van der Waals surface area contributed by atoms with Crippen molar-refractivity contribution in [1.29, 1.82) is 0 Å². The van der Waals surface area contributed by atoms with Gasteiger partial charge in [0.2, 0.25) is 5.91 Å². The lowest BCUT2D eigenvalue weighted by Gasteiger charge is -2.28. The van der Waals surface area contributed by atoms with E-state index >= 15 is 0 Å². The number of morpholine rings is 1. The predicted octanol–water partition coefficient (Wildman–Crippen LogP) is 3.20. The van der Waals surface area contributed by atoms with Gasteiger partial charge in [-0.15, -0.1) is 0 Å². The van der Waals surface area contributed by atoms with Crippen LogP contribution in [-0.2, 0) is 16.1 Å². The molecule has 1 aromatic carbocycles. The molecule has 6 rings (SSSR count). The van der Waals surface area contributed by atoms with E-state index in [1.807, 2.05) is 6.07 Å². The second kappa shape index (κ2) is 8.69. The number of aromatic amines is 1. The van der Waals surface area contributed by atoms with Crippen LogP contribution in [0.1, 0.15) is 12.0 Å². The van der Waals surface area contributed by atoms with Crippen LogP contribution < -0.4 is 11.1 Å². The summed E-state index contributed by atoms with van der Waals surface area (Å²) in [7, 11) is 0. The number of allylic oxidation sites excluding steroid dienone is 1. The maximum atomic E-state index is 12.2. The number of anilines is 1. The second-order valence-corrected chi connectivity index (χ2v) is 9.81. The lowest BCUT2D eigenvalue weighted by Crippen LogP contribution is -2.41. The van der Waals surface area contributed by atoms with Gasteiger partial charge in [-0.1, -0.05) is 42.0 Å². The molecular formula is C25H27ClN6O2. The lowest BCUT2D eigenvalue weighted by molar-refractivity contribution is -0.122. The number of carbonyl (C=O) groups is 1. The fourth-order valence-electron chi connectivity index (χ4n) is 5.62. The molecule has 4 N–H and O–H groups in total. The van der Waals surface area contributed by atoms with Crippen LogP contribution in [0.4, 0.5) is 5.69 Å². The third-order valence-corrected chi connectivity index (χ3v) is 7.57. The van der Waals surface area contributed by atoms with Gasteiger partial charge < -0.3 is 20.8 Å². The van der Waals surface area contributed by atoms with Crippen LogP contribution in [0.2, 0.25) is 5.02 Å². The number of primary amides is 1. The number of imidazole rings is 1. The Labute approximate surface area is 202 Å². The molecule has 1 saturated carbocycles. The maximum absolute atomic E-state index is 12.2. The number of rotatable bonds is 6. The molecule has 2 aromatic heterocycles. The molecule has 8 nitrogen and oxygen atoms in total. The number of hydrogen-bond donors (Lipinski definition) is 3. The van der Waals surface area contributed by atoms with Gasteiger partial charge in [-0.3, -0.25) is 9.69 Å². The number of hydrogen-bond acceptors (Lipinski definition) is 6. The van der Waals surface area contributed by atoms with Crippen molar-refractivity contribution in [3.05, 3.63) is 53.2 Å². The van der Waals surface area contributed by atoms with Crippen molar-refractivity contribution in [3.8, 4) is 11.4 Å². The number of pyridine rings is 1. The summed E-state index contributed by atoms with van der Waals surface area (Å²) in [5.41, 5.74) is 9.99. The van der Waals surface area contributed by atoms with E-state index in [4.69, 9.17) is 27.1 Å². The molecule has 3 heterocycles. The summed E-state index contributed by atoms with van der Waals surface area (Å²) < 4.78 is 5.46. The Morgan fingerprint density at radius 2 is 2.09 bits per heavy atom. The summed E-state index contributed by atoms with van der Waals surface area (Å²) in [6, 6.07) is 8.29. The summed E-state index contributed by atoms with van der Waals surface area (Å²) in [6.07, 6.45) is 6.82. The smallest absolute Gasteiger partial charge is 0.223 e. The molecule has 9 heteroatoms. The molecule has 1 aliphatic heterocycles. The van der Waals surface area contributed by atoms with Crippen molar-refractivity contribution < 1.29 is 9.53 Å². The minimum absolute atomic E-state index is 0.0980. The number of fused-ring (bicyclic) bond motifs is 3. The second-order valence-electron chi connectivity index (χ2n) is 9.40. The van der Waals surface area contributed by atoms with Gasteiger partial charge in [0, 0.05) is 31.2 Å². The molecule has 176 valence electrons. The number of nitrogens with zero attached hydrogens (tertiary/aromatic N) is 3. The van der Waals surface area contributed by atoms with Crippen molar-refractivity contribution in [2.45, 2.75) is 19.0 Å². The average Bonchev–Trinajstić information content (AvgIpc) is 3.56. The van der Waals surface area contributed by atoms with E-state index in [0.717, 1.165) is 56.2 Å². The Hall–Kier alpha value is -2.94. The standard InChI is InChI=1S/C25H27ClN6O2/c26-18-12-28-25-22(21(18)29-20-16-5-4-15(11-16)19(20)23(27)33)30-24(31-25)17-3-1-2-14(10-17)13-32-6-8-34-9-7-32/h1-5,10,12,15-16,19-20H,6-9,11,13H2,(H2,27,33)(H2,28,29,30,31)/t15-,16-,19+,20-/m1/s1. The maximum Gasteiger partial charge on any atom is 0.223 e. The molecule has 0 spiro atoms. The highest BCUT2D eigenvalue weighted by atomic mass is 35.5.